The van der Waals surface area contributed by atoms with Gasteiger partial charge in [0.2, 0.25) is 0 Å². The van der Waals surface area contributed by atoms with E-state index in [0.717, 1.165) is 5.69 Å². The number of thiazole rings is 1. The predicted octanol–water partition coefficient (Wildman–Crippen LogP) is 2.15. The van der Waals surface area contributed by atoms with Crippen molar-refractivity contribution in [2.24, 2.45) is 0 Å². The summed E-state index contributed by atoms with van der Waals surface area (Å²) in [5.74, 6) is 0. The Balaban J connectivity index is 2.95. The molecule has 0 aliphatic heterocycles. The summed E-state index contributed by atoms with van der Waals surface area (Å²) < 4.78 is 0. The van der Waals surface area contributed by atoms with Crippen LogP contribution in [0.2, 0.25) is 0 Å². The average molecular weight is 154 g/mol. The molecule has 0 spiro atoms. The third-order valence-corrected chi connectivity index (χ3v) is 2.03. The van der Waals surface area contributed by atoms with Crippen LogP contribution < -0.4 is 5.73 Å². The zero-order chi connectivity index (χ0) is 7.56. The first kappa shape index (κ1) is 7.28. The third-order valence-electron chi connectivity index (χ3n) is 1.36. The second-order valence-electron chi connectivity index (χ2n) is 2.04. The second kappa shape index (κ2) is 2.84. The Morgan fingerprint density at radius 1 is 1.80 bits per heavy atom. The fraction of sp³-hybridized carbons (Fsp3) is 0.286. The van der Waals surface area contributed by atoms with E-state index < -0.39 is 0 Å². The van der Waals surface area contributed by atoms with E-state index >= 15 is 0 Å². The van der Waals surface area contributed by atoms with Crippen molar-refractivity contribution in [2.45, 2.75) is 13.8 Å². The molecule has 1 heterocycles. The standard InChI is InChI=1S/C7H10N2S/c1-3-5(2)6-4-10-7(8)9-6/h3-4H,1-2H3,(H2,8,9)/b5-3+. The quantitative estimate of drug-likeness (QED) is 0.673. The summed E-state index contributed by atoms with van der Waals surface area (Å²) in [4.78, 5) is 4.11. The van der Waals surface area contributed by atoms with Gasteiger partial charge in [-0.3, -0.25) is 0 Å². The average Bonchev–Trinajstić information content (AvgIpc) is 2.34. The van der Waals surface area contributed by atoms with Crippen molar-refractivity contribution in [1.82, 2.24) is 4.98 Å². The molecule has 1 rings (SSSR count). The van der Waals surface area contributed by atoms with Gasteiger partial charge in [-0.05, 0) is 19.4 Å². The first-order chi connectivity index (χ1) is 4.74. The number of allylic oxidation sites excluding steroid dienone is 2. The molecule has 0 aromatic carbocycles. The molecule has 0 bridgehead atoms. The highest BCUT2D eigenvalue weighted by Crippen LogP contribution is 2.17. The van der Waals surface area contributed by atoms with Crippen LogP contribution in [0, 0.1) is 0 Å². The molecule has 1 aromatic heterocycles. The number of anilines is 1. The Morgan fingerprint density at radius 3 is 2.90 bits per heavy atom. The van der Waals surface area contributed by atoms with Crippen LogP contribution >= 0.6 is 11.3 Å². The summed E-state index contributed by atoms with van der Waals surface area (Å²) in [6.07, 6.45) is 2.02. The molecule has 0 aliphatic carbocycles. The van der Waals surface area contributed by atoms with E-state index in [0.29, 0.717) is 5.13 Å². The minimum absolute atomic E-state index is 0.635. The van der Waals surface area contributed by atoms with E-state index in [4.69, 9.17) is 5.73 Å². The zero-order valence-corrected chi connectivity index (χ0v) is 6.90. The van der Waals surface area contributed by atoms with Crippen LogP contribution in [-0.4, -0.2) is 4.98 Å². The molecule has 0 aliphatic rings. The maximum Gasteiger partial charge on any atom is 0.180 e. The van der Waals surface area contributed by atoms with Crippen molar-refractivity contribution in [1.29, 1.82) is 0 Å². The SMILES string of the molecule is C/C=C(\C)c1csc(N)n1. The summed E-state index contributed by atoms with van der Waals surface area (Å²) in [6.45, 7) is 4.01. The van der Waals surface area contributed by atoms with Crippen LogP contribution in [0.25, 0.3) is 5.57 Å². The van der Waals surface area contributed by atoms with Crippen molar-refractivity contribution in [3.05, 3.63) is 17.2 Å². The number of aromatic nitrogens is 1. The van der Waals surface area contributed by atoms with Crippen molar-refractivity contribution < 1.29 is 0 Å². The van der Waals surface area contributed by atoms with E-state index in [9.17, 15) is 0 Å². The van der Waals surface area contributed by atoms with E-state index in [1.54, 1.807) is 0 Å². The number of nitrogens with two attached hydrogens (primary N) is 1. The van der Waals surface area contributed by atoms with Crippen molar-refractivity contribution in [2.75, 3.05) is 5.73 Å². The van der Waals surface area contributed by atoms with Gasteiger partial charge >= 0.3 is 0 Å². The van der Waals surface area contributed by atoms with Gasteiger partial charge < -0.3 is 5.73 Å². The van der Waals surface area contributed by atoms with Crippen LogP contribution in [0.4, 0.5) is 5.13 Å². The summed E-state index contributed by atoms with van der Waals surface area (Å²) >= 11 is 1.47. The molecule has 2 N–H and O–H groups in total. The molecule has 2 nitrogen and oxygen atoms in total. The number of hydrogen-bond acceptors (Lipinski definition) is 3. The first-order valence-corrected chi connectivity index (χ1v) is 3.96. The Kier molecular flexibility index (Phi) is 2.06. The predicted molar refractivity (Wildman–Crippen MR) is 45.9 cm³/mol. The molecule has 54 valence electrons. The lowest BCUT2D eigenvalue weighted by molar-refractivity contribution is 1.34. The van der Waals surface area contributed by atoms with Gasteiger partial charge in [0.15, 0.2) is 5.13 Å². The second-order valence-corrected chi connectivity index (χ2v) is 2.93. The van der Waals surface area contributed by atoms with Crippen LogP contribution in [0.15, 0.2) is 11.5 Å². The number of nitrogen functional groups attached to an aromatic ring is 1. The molecule has 1 aromatic rings. The largest absolute Gasteiger partial charge is 0.375 e. The maximum atomic E-state index is 5.45. The van der Waals surface area contributed by atoms with Gasteiger partial charge in [-0.1, -0.05) is 6.08 Å². The highest BCUT2D eigenvalue weighted by atomic mass is 32.1. The zero-order valence-electron chi connectivity index (χ0n) is 6.09. The number of nitrogens with zero attached hydrogens (tertiary/aromatic N) is 1. The molecule has 0 saturated heterocycles. The highest BCUT2D eigenvalue weighted by Gasteiger charge is 1.97. The van der Waals surface area contributed by atoms with Crippen LogP contribution in [0.5, 0.6) is 0 Å². The molecule has 0 fully saturated rings. The van der Waals surface area contributed by atoms with Gasteiger partial charge in [0.1, 0.15) is 0 Å². The van der Waals surface area contributed by atoms with Gasteiger partial charge in [-0.15, -0.1) is 11.3 Å². The number of rotatable bonds is 1. The Hall–Kier alpha value is -0.830. The Labute approximate surface area is 64.4 Å². The molecule has 3 heteroatoms. The summed E-state index contributed by atoms with van der Waals surface area (Å²) in [5, 5.41) is 2.60. The lowest BCUT2D eigenvalue weighted by atomic mass is 10.2. The molecular formula is C7H10N2S. The molecule has 0 radical (unpaired) electrons. The molecule has 10 heavy (non-hydrogen) atoms. The minimum Gasteiger partial charge on any atom is -0.375 e. The molecular weight excluding hydrogens is 144 g/mol. The normalized spacial score (nSPS) is 12.0. The summed E-state index contributed by atoms with van der Waals surface area (Å²) in [5.41, 5.74) is 7.62. The van der Waals surface area contributed by atoms with Crippen molar-refractivity contribution in [3.63, 3.8) is 0 Å². The van der Waals surface area contributed by atoms with E-state index in [1.165, 1.54) is 16.9 Å². The lowest BCUT2D eigenvalue weighted by Gasteiger charge is -1.89. The van der Waals surface area contributed by atoms with E-state index in [1.807, 2.05) is 25.3 Å². The third kappa shape index (κ3) is 1.36. The summed E-state index contributed by atoms with van der Waals surface area (Å²) in [6, 6.07) is 0. The minimum atomic E-state index is 0.635. The topological polar surface area (TPSA) is 38.9 Å². The first-order valence-electron chi connectivity index (χ1n) is 3.08. The summed E-state index contributed by atoms with van der Waals surface area (Å²) in [7, 11) is 0. The maximum absolute atomic E-state index is 5.45. The Morgan fingerprint density at radius 2 is 2.50 bits per heavy atom. The molecule has 0 saturated carbocycles. The van der Waals surface area contributed by atoms with E-state index in [-0.39, 0.29) is 0 Å². The van der Waals surface area contributed by atoms with Gasteiger partial charge in [0.05, 0.1) is 5.69 Å². The molecule has 0 unspecified atom stereocenters. The van der Waals surface area contributed by atoms with Crippen molar-refractivity contribution >= 4 is 22.0 Å². The number of hydrogen-bond donors (Lipinski definition) is 1. The monoisotopic (exact) mass is 154 g/mol. The fourth-order valence-electron chi connectivity index (χ4n) is 0.617. The van der Waals surface area contributed by atoms with Crippen LogP contribution in [-0.2, 0) is 0 Å². The van der Waals surface area contributed by atoms with E-state index in [2.05, 4.69) is 4.98 Å². The Bertz CT molecular complexity index is 250. The molecule has 0 amide bonds. The van der Waals surface area contributed by atoms with Gasteiger partial charge in [-0.2, -0.15) is 0 Å². The van der Waals surface area contributed by atoms with Crippen molar-refractivity contribution in [3.8, 4) is 0 Å². The molecule has 0 atom stereocenters. The fourth-order valence-corrected chi connectivity index (χ4v) is 1.24. The van der Waals surface area contributed by atoms with Gasteiger partial charge in [0, 0.05) is 5.38 Å². The van der Waals surface area contributed by atoms with Crippen LogP contribution in [0.3, 0.4) is 0 Å². The highest BCUT2D eigenvalue weighted by molar-refractivity contribution is 7.13. The smallest absolute Gasteiger partial charge is 0.180 e. The van der Waals surface area contributed by atoms with Crippen LogP contribution in [0.1, 0.15) is 19.5 Å². The van der Waals surface area contributed by atoms with Gasteiger partial charge in [0.25, 0.3) is 0 Å². The lowest BCUT2D eigenvalue weighted by Crippen LogP contribution is -1.83. The van der Waals surface area contributed by atoms with Gasteiger partial charge in [-0.25, -0.2) is 4.98 Å².